The summed E-state index contributed by atoms with van der Waals surface area (Å²) in [5.74, 6) is 0. The fourth-order valence-electron chi connectivity index (χ4n) is 8.97. The van der Waals surface area contributed by atoms with Crippen molar-refractivity contribution in [2.24, 2.45) is 0 Å². The maximum absolute atomic E-state index is 2.53. The molecule has 0 radical (unpaired) electrons. The molecule has 0 aliphatic carbocycles. The van der Waals surface area contributed by atoms with Crippen molar-refractivity contribution in [3.63, 3.8) is 0 Å². The molecule has 0 amide bonds. The predicted octanol–water partition coefficient (Wildman–Crippen LogP) is 13.1. The van der Waals surface area contributed by atoms with E-state index in [0.717, 1.165) is 28.4 Å². The minimum Gasteiger partial charge on any atom is -0.311 e. The molecule has 0 saturated carbocycles. The molecule has 0 atom stereocenters. The Hall–Kier alpha value is -6.00. The molecule has 0 spiro atoms. The second kappa shape index (κ2) is 13.8. The summed E-state index contributed by atoms with van der Waals surface area (Å²) >= 11 is 0. The lowest BCUT2D eigenvalue weighted by atomic mass is 9.33. The SMILES string of the molecule is Cc1ccc(N(c2ccc(C)cc2)c2cc3c4c(c2)N(c2ccc(C(C)(C)C)cc2)c2ccc(C)cc2B4c2cc(C)ccc2N3c2ccc(C(C)(C)C)cc2)cc1. The summed E-state index contributed by atoms with van der Waals surface area (Å²) in [5, 5.41) is 0. The minimum atomic E-state index is 0.0475. The largest absolute Gasteiger partial charge is 0.311 e. The maximum atomic E-state index is 2.53. The number of anilines is 9. The third-order valence-corrected chi connectivity index (χ3v) is 12.2. The summed E-state index contributed by atoms with van der Waals surface area (Å²) in [4.78, 5) is 7.50. The van der Waals surface area contributed by atoms with Gasteiger partial charge in [0.15, 0.2) is 0 Å². The highest BCUT2D eigenvalue weighted by atomic mass is 15.2. The van der Waals surface area contributed by atoms with Gasteiger partial charge in [-0.1, -0.05) is 137 Å². The molecule has 0 N–H and O–H groups in total. The normalized spacial score (nSPS) is 13.2. The van der Waals surface area contributed by atoms with Crippen molar-refractivity contribution in [1.82, 2.24) is 0 Å². The molecule has 0 fully saturated rings. The Morgan fingerprint density at radius 3 is 1.10 bits per heavy atom. The van der Waals surface area contributed by atoms with Crippen molar-refractivity contribution in [3.05, 3.63) is 179 Å². The Morgan fingerprint density at radius 1 is 0.379 bits per heavy atom. The van der Waals surface area contributed by atoms with E-state index >= 15 is 0 Å². The van der Waals surface area contributed by atoms with Crippen LogP contribution in [0, 0.1) is 27.7 Å². The summed E-state index contributed by atoms with van der Waals surface area (Å²) in [7, 11) is 0. The van der Waals surface area contributed by atoms with E-state index in [4.69, 9.17) is 0 Å². The summed E-state index contributed by atoms with van der Waals surface area (Å²) < 4.78 is 0. The van der Waals surface area contributed by atoms with Crippen LogP contribution in [0.5, 0.6) is 0 Å². The Kier molecular flexibility index (Phi) is 8.96. The standard InChI is InChI=1S/C54H54BN3/c1-35-11-21-41(22-12-35)56(42-23-13-36(2)14-24-42)45-33-50-52-51(34-45)58(44-27-19-40(20-28-44)54(8,9)10)49-30-16-38(4)32-47(49)55(52)46-31-37(3)15-29-48(46)57(50)43-25-17-39(18-26-43)53(5,6)7/h11-34H,1-10H3. The number of hydrogen-bond donors (Lipinski definition) is 0. The zero-order valence-electron chi connectivity index (χ0n) is 35.8. The van der Waals surface area contributed by atoms with Gasteiger partial charge in [0.1, 0.15) is 0 Å². The molecule has 0 saturated heterocycles. The second-order valence-corrected chi connectivity index (χ2v) is 18.7. The summed E-state index contributed by atoms with van der Waals surface area (Å²) in [6, 6.07) is 55.5. The molecule has 7 aromatic rings. The molecule has 2 aliphatic heterocycles. The summed E-state index contributed by atoms with van der Waals surface area (Å²) in [6.07, 6.45) is 0. The molecule has 58 heavy (non-hydrogen) atoms. The van der Waals surface area contributed by atoms with Crippen LogP contribution in [0.3, 0.4) is 0 Å². The second-order valence-electron chi connectivity index (χ2n) is 18.7. The number of hydrogen-bond acceptors (Lipinski definition) is 3. The zero-order valence-corrected chi connectivity index (χ0v) is 35.8. The van der Waals surface area contributed by atoms with Crippen LogP contribution in [0.2, 0.25) is 0 Å². The Balaban J connectivity index is 1.39. The summed E-state index contributed by atoms with van der Waals surface area (Å²) in [6.45, 7) is 22.6. The average molecular weight is 756 g/mol. The molecule has 9 rings (SSSR count). The smallest absolute Gasteiger partial charge is 0.252 e. The highest BCUT2D eigenvalue weighted by Crippen LogP contribution is 2.48. The van der Waals surface area contributed by atoms with Gasteiger partial charge in [0.05, 0.1) is 5.69 Å². The van der Waals surface area contributed by atoms with E-state index in [9.17, 15) is 0 Å². The van der Waals surface area contributed by atoms with Gasteiger partial charge < -0.3 is 14.7 Å². The highest BCUT2D eigenvalue weighted by molar-refractivity contribution is 7.00. The lowest BCUT2D eigenvalue weighted by Gasteiger charge is -2.45. The van der Waals surface area contributed by atoms with E-state index in [1.807, 2.05) is 0 Å². The van der Waals surface area contributed by atoms with Crippen LogP contribution in [-0.2, 0) is 10.8 Å². The molecule has 7 aromatic carbocycles. The van der Waals surface area contributed by atoms with Gasteiger partial charge in [-0.15, -0.1) is 0 Å². The van der Waals surface area contributed by atoms with Gasteiger partial charge in [0.25, 0.3) is 6.71 Å². The summed E-state index contributed by atoms with van der Waals surface area (Å²) in [5.41, 5.74) is 22.3. The van der Waals surface area contributed by atoms with Crippen LogP contribution in [0.4, 0.5) is 51.2 Å². The van der Waals surface area contributed by atoms with Crippen LogP contribution in [0.1, 0.15) is 74.9 Å². The van der Waals surface area contributed by atoms with Crippen LogP contribution < -0.4 is 31.1 Å². The number of fused-ring (bicyclic) bond motifs is 4. The molecular formula is C54H54BN3. The molecule has 4 heteroatoms. The Bertz CT molecular complexity index is 2480. The van der Waals surface area contributed by atoms with E-state index in [-0.39, 0.29) is 17.5 Å². The van der Waals surface area contributed by atoms with Crippen molar-refractivity contribution in [2.45, 2.75) is 80.1 Å². The topological polar surface area (TPSA) is 9.72 Å². The van der Waals surface area contributed by atoms with E-state index in [2.05, 4.69) is 230 Å². The molecule has 2 heterocycles. The van der Waals surface area contributed by atoms with Gasteiger partial charge in [0, 0.05) is 45.5 Å². The quantitative estimate of drug-likeness (QED) is 0.162. The number of nitrogens with zero attached hydrogens (tertiary/aromatic N) is 3. The first-order chi connectivity index (χ1) is 27.7. The minimum absolute atomic E-state index is 0.0475. The van der Waals surface area contributed by atoms with Gasteiger partial charge in [-0.25, -0.2) is 0 Å². The number of aryl methyl sites for hydroxylation is 4. The van der Waals surface area contributed by atoms with Gasteiger partial charge >= 0.3 is 0 Å². The molecule has 0 bridgehead atoms. The fraction of sp³-hybridized carbons (Fsp3) is 0.222. The van der Waals surface area contributed by atoms with Crippen LogP contribution in [0.15, 0.2) is 146 Å². The fourth-order valence-corrected chi connectivity index (χ4v) is 8.97. The molecule has 288 valence electrons. The Labute approximate surface area is 346 Å². The van der Waals surface area contributed by atoms with Crippen LogP contribution in [-0.4, -0.2) is 6.71 Å². The van der Waals surface area contributed by atoms with Gasteiger partial charge in [-0.05, 0) is 139 Å². The monoisotopic (exact) mass is 755 g/mol. The zero-order chi connectivity index (χ0) is 40.7. The molecule has 3 nitrogen and oxygen atoms in total. The lowest BCUT2D eigenvalue weighted by Crippen LogP contribution is -2.61. The van der Waals surface area contributed by atoms with Gasteiger partial charge in [-0.3, -0.25) is 0 Å². The molecular weight excluding hydrogens is 701 g/mol. The average Bonchev–Trinajstić information content (AvgIpc) is 3.19. The molecule has 2 aliphatic rings. The highest BCUT2D eigenvalue weighted by Gasteiger charge is 2.44. The Morgan fingerprint density at radius 2 is 0.741 bits per heavy atom. The maximum Gasteiger partial charge on any atom is 0.252 e. The first-order valence-electron chi connectivity index (χ1n) is 20.8. The first-order valence-corrected chi connectivity index (χ1v) is 20.8. The van der Waals surface area contributed by atoms with Crippen molar-refractivity contribution in [2.75, 3.05) is 14.7 Å². The molecule has 0 aromatic heterocycles. The molecule has 0 unspecified atom stereocenters. The number of rotatable bonds is 5. The van der Waals surface area contributed by atoms with E-state index < -0.39 is 0 Å². The third kappa shape index (κ3) is 6.49. The third-order valence-electron chi connectivity index (χ3n) is 12.2. The first kappa shape index (κ1) is 37.6. The van der Waals surface area contributed by atoms with E-state index in [0.29, 0.717) is 0 Å². The van der Waals surface area contributed by atoms with Crippen LogP contribution >= 0.6 is 0 Å². The van der Waals surface area contributed by atoms with Crippen molar-refractivity contribution >= 4 is 74.3 Å². The van der Waals surface area contributed by atoms with E-state index in [1.165, 1.54) is 72.5 Å². The van der Waals surface area contributed by atoms with Crippen molar-refractivity contribution < 1.29 is 0 Å². The van der Waals surface area contributed by atoms with Gasteiger partial charge in [-0.2, -0.15) is 0 Å². The van der Waals surface area contributed by atoms with Gasteiger partial charge in [0.2, 0.25) is 0 Å². The van der Waals surface area contributed by atoms with Crippen molar-refractivity contribution in [3.8, 4) is 0 Å². The van der Waals surface area contributed by atoms with Crippen molar-refractivity contribution in [1.29, 1.82) is 0 Å². The van der Waals surface area contributed by atoms with E-state index in [1.54, 1.807) is 0 Å². The lowest BCUT2D eigenvalue weighted by molar-refractivity contribution is 0.590. The van der Waals surface area contributed by atoms with Crippen LogP contribution in [0.25, 0.3) is 0 Å². The predicted molar refractivity (Wildman–Crippen MR) is 251 cm³/mol. The number of benzene rings is 7.